The van der Waals surface area contributed by atoms with E-state index in [1.54, 1.807) is 4.90 Å². The van der Waals surface area contributed by atoms with Crippen LogP contribution in [0.1, 0.15) is 11.1 Å². The molecule has 2 fully saturated rings. The highest BCUT2D eigenvalue weighted by atomic mass is 35.5. The zero-order valence-corrected chi connectivity index (χ0v) is 12.7. The molecule has 6 heteroatoms. The van der Waals surface area contributed by atoms with Gasteiger partial charge in [-0.1, -0.05) is 17.7 Å². The number of nitrogens with one attached hydrogen (secondary N) is 1. The van der Waals surface area contributed by atoms with E-state index >= 15 is 0 Å². The van der Waals surface area contributed by atoms with Crippen molar-refractivity contribution in [1.82, 2.24) is 15.1 Å². The van der Waals surface area contributed by atoms with Gasteiger partial charge in [0.2, 0.25) is 0 Å². The molecule has 0 aromatic heterocycles. The van der Waals surface area contributed by atoms with Gasteiger partial charge in [0, 0.05) is 37.7 Å². The first-order chi connectivity index (χ1) is 10.0. The summed E-state index contributed by atoms with van der Waals surface area (Å²) in [6.07, 6.45) is 0. The normalized spacial score (nSPS) is 23.0. The van der Waals surface area contributed by atoms with Crippen molar-refractivity contribution < 1.29 is 9.59 Å². The van der Waals surface area contributed by atoms with Crippen molar-refractivity contribution in [2.45, 2.75) is 19.5 Å². The van der Waals surface area contributed by atoms with Gasteiger partial charge in [-0.2, -0.15) is 0 Å². The van der Waals surface area contributed by atoms with Crippen LogP contribution >= 0.6 is 11.6 Å². The number of halogens is 1. The lowest BCUT2D eigenvalue weighted by molar-refractivity contribution is -0.152. The van der Waals surface area contributed by atoms with Crippen LogP contribution in [0.5, 0.6) is 0 Å². The molecule has 1 aromatic rings. The first kappa shape index (κ1) is 14.4. The van der Waals surface area contributed by atoms with Crippen LogP contribution in [0.2, 0.25) is 5.02 Å². The quantitative estimate of drug-likeness (QED) is 0.822. The summed E-state index contributed by atoms with van der Waals surface area (Å²) in [6, 6.07) is 6.01. The Bertz CT molecular complexity index is 590. The Morgan fingerprint density at radius 1 is 1.33 bits per heavy atom. The summed E-state index contributed by atoms with van der Waals surface area (Å²) in [5, 5.41) is 3.41. The van der Waals surface area contributed by atoms with Crippen LogP contribution in [0.4, 0.5) is 0 Å². The largest absolute Gasteiger partial charge is 0.346 e. The van der Waals surface area contributed by atoms with Crippen LogP contribution < -0.4 is 5.32 Å². The molecular formula is C15H18ClN3O2. The number of nitrogens with zero attached hydrogens (tertiary/aromatic N) is 2. The summed E-state index contributed by atoms with van der Waals surface area (Å²) in [7, 11) is 0. The Balaban J connectivity index is 1.67. The van der Waals surface area contributed by atoms with Gasteiger partial charge in [0.25, 0.3) is 0 Å². The molecule has 0 saturated carbocycles. The van der Waals surface area contributed by atoms with Gasteiger partial charge >= 0.3 is 11.8 Å². The molecule has 2 saturated heterocycles. The maximum atomic E-state index is 11.8. The highest BCUT2D eigenvalue weighted by Gasteiger charge is 2.37. The van der Waals surface area contributed by atoms with E-state index in [0.717, 1.165) is 24.7 Å². The summed E-state index contributed by atoms with van der Waals surface area (Å²) in [4.78, 5) is 27.2. The summed E-state index contributed by atoms with van der Waals surface area (Å²) in [5.74, 6) is -0.873. The van der Waals surface area contributed by atoms with E-state index in [0.29, 0.717) is 13.1 Å². The predicted molar refractivity (Wildman–Crippen MR) is 80.0 cm³/mol. The van der Waals surface area contributed by atoms with E-state index in [2.05, 4.69) is 23.2 Å². The summed E-state index contributed by atoms with van der Waals surface area (Å²) >= 11 is 5.98. The first-order valence-electron chi connectivity index (χ1n) is 7.11. The monoisotopic (exact) mass is 307 g/mol. The number of hydrogen-bond donors (Lipinski definition) is 1. The summed E-state index contributed by atoms with van der Waals surface area (Å²) in [6.45, 7) is 5.63. The van der Waals surface area contributed by atoms with Gasteiger partial charge in [0.05, 0.1) is 6.04 Å². The average molecular weight is 308 g/mol. The van der Waals surface area contributed by atoms with Crippen molar-refractivity contribution in [3.63, 3.8) is 0 Å². The number of carbonyl (C=O) groups excluding carboxylic acids is 2. The Morgan fingerprint density at radius 2 is 2.14 bits per heavy atom. The molecule has 0 spiro atoms. The molecule has 1 aromatic carbocycles. The van der Waals surface area contributed by atoms with Crippen LogP contribution in [-0.2, 0) is 16.1 Å². The number of carbonyl (C=O) groups is 2. The molecule has 2 aliphatic rings. The highest BCUT2D eigenvalue weighted by molar-refractivity contribution is 6.35. The number of hydrogen-bond acceptors (Lipinski definition) is 3. The van der Waals surface area contributed by atoms with Gasteiger partial charge in [-0.15, -0.1) is 0 Å². The highest BCUT2D eigenvalue weighted by Crippen LogP contribution is 2.19. The lowest BCUT2D eigenvalue weighted by Crippen LogP contribution is -2.65. The maximum absolute atomic E-state index is 11.8. The number of piperazine rings is 2. The molecule has 0 aliphatic carbocycles. The average Bonchev–Trinajstić information content (AvgIpc) is 2.46. The second-order valence-electron chi connectivity index (χ2n) is 5.67. The summed E-state index contributed by atoms with van der Waals surface area (Å²) < 4.78 is 0. The van der Waals surface area contributed by atoms with Crippen molar-refractivity contribution >= 4 is 23.4 Å². The molecule has 2 heterocycles. The molecule has 21 heavy (non-hydrogen) atoms. The van der Waals surface area contributed by atoms with E-state index < -0.39 is 11.8 Å². The number of benzene rings is 1. The van der Waals surface area contributed by atoms with E-state index in [1.807, 2.05) is 12.1 Å². The standard InChI is InChI=1S/C15H18ClN3O2/c1-10-6-12(16)3-2-11(10)8-18-4-5-19-13(9-18)7-17-14(20)15(19)21/h2-3,6,13H,4-5,7-9H2,1H3,(H,17,20). The minimum atomic E-state index is -0.478. The van der Waals surface area contributed by atoms with E-state index in [-0.39, 0.29) is 6.04 Å². The first-order valence-corrected chi connectivity index (χ1v) is 7.48. The molecule has 2 aliphatic heterocycles. The third-order valence-electron chi connectivity index (χ3n) is 4.22. The van der Waals surface area contributed by atoms with E-state index in [9.17, 15) is 9.59 Å². The molecule has 1 N–H and O–H groups in total. The summed E-state index contributed by atoms with van der Waals surface area (Å²) in [5.41, 5.74) is 2.43. The van der Waals surface area contributed by atoms with Crippen LogP contribution in [-0.4, -0.2) is 53.8 Å². The van der Waals surface area contributed by atoms with Crippen molar-refractivity contribution in [2.75, 3.05) is 26.2 Å². The lowest BCUT2D eigenvalue weighted by Gasteiger charge is -2.43. The fourth-order valence-electron chi connectivity index (χ4n) is 3.00. The number of rotatable bonds is 2. The fraction of sp³-hybridized carbons (Fsp3) is 0.467. The Hall–Kier alpha value is -1.59. The van der Waals surface area contributed by atoms with Gasteiger partial charge < -0.3 is 10.2 Å². The van der Waals surface area contributed by atoms with Crippen molar-refractivity contribution in [1.29, 1.82) is 0 Å². The smallest absolute Gasteiger partial charge is 0.312 e. The van der Waals surface area contributed by atoms with E-state index in [4.69, 9.17) is 11.6 Å². The molecule has 0 bridgehead atoms. The molecule has 3 rings (SSSR count). The van der Waals surface area contributed by atoms with Crippen molar-refractivity contribution in [3.05, 3.63) is 34.3 Å². The minimum absolute atomic E-state index is 0.0801. The zero-order chi connectivity index (χ0) is 15.0. The topological polar surface area (TPSA) is 52.7 Å². The Labute approximate surface area is 128 Å². The van der Waals surface area contributed by atoms with Crippen LogP contribution in [0.15, 0.2) is 18.2 Å². The zero-order valence-electron chi connectivity index (χ0n) is 11.9. The van der Waals surface area contributed by atoms with Crippen LogP contribution in [0.25, 0.3) is 0 Å². The van der Waals surface area contributed by atoms with E-state index in [1.165, 1.54) is 11.1 Å². The maximum Gasteiger partial charge on any atom is 0.312 e. The van der Waals surface area contributed by atoms with Crippen LogP contribution in [0.3, 0.4) is 0 Å². The Kier molecular flexibility index (Phi) is 3.87. The van der Waals surface area contributed by atoms with Crippen molar-refractivity contribution in [3.8, 4) is 0 Å². The number of amides is 2. The van der Waals surface area contributed by atoms with Gasteiger partial charge in [0.1, 0.15) is 0 Å². The number of fused-ring (bicyclic) bond motifs is 1. The number of aryl methyl sites for hydroxylation is 1. The fourth-order valence-corrected chi connectivity index (χ4v) is 3.23. The molecule has 112 valence electrons. The predicted octanol–water partition coefficient (Wildman–Crippen LogP) is 0.791. The molecule has 5 nitrogen and oxygen atoms in total. The van der Waals surface area contributed by atoms with Gasteiger partial charge in [-0.25, -0.2) is 0 Å². The molecule has 1 atom stereocenters. The van der Waals surface area contributed by atoms with Gasteiger partial charge in [0.15, 0.2) is 0 Å². The second-order valence-corrected chi connectivity index (χ2v) is 6.10. The molecule has 2 amide bonds. The second kappa shape index (κ2) is 5.66. The van der Waals surface area contributed by atoms with Gasteiger partial charge in [-0.05, 0) is 30.2 Å². The minimum Gasteiger partial charge on any atom is -0.346 e. The van der Waals surface area contributed by atoms with Gasteiger partial charge in [-0.3, -0.25) is 14.5 Å². The molecular weight excluding hydrogens is 290 g/mol. The molecule has 1 unspecified atom stereocenters. The Morgan fingerprint density at radius 3 is 2.90 bits per heavy atom. The SMILES string of the molecule is Cc1cc(Cl)ccc1CN1CCN2C(=O)C(=O)NCC2C1. The van der Waals surface area contributed by atoms with Crippen LogP contribution in [0, 0.1) is 6.92 Å². The van der Waals surface area contributed by atoms with Crippen molar-refractivity contribution in [2.24, 2.45) is 0 Å². The molecule has 0 radical (unpaired) electrons. The third kappa shape index (κ3) is 2.89. The lowest BCUT2D eigenvalue weighted by atomic mass is 10.1. The third-order valence-corrected chi connectivity index (χ3v) is 4.45.